The van der Waals surface area contributed by atoms with Gasteiger partial charge in [-0.3, -0.25) is 4.79 Å². The van der Waals surface area contributed by atoms with Crippen LogP contribution in [0.5, 0.6) is 0 Å². The molecule has 12 heteroatoms. The quantitative estimate of drug-likeness (QED) is 0.410. The zero-order chi connectivity index (χ0) is 35.9. The minimum absolute atomic E-state index is 0.0260. The van der Waals surface area contributed by atoms with E-state index >= 15 is 0 Å². The highest BCUT2D eigenvalue weighted by molar-refractivity contribution is 5.79. The van der Waals surface area contributed by atoms with Gasteiger partial charge in [-0.05, 0) is 62.0 Å². The lowest BCUT2D eigenvalue weighted by molar-refractivity contribution is -0.292. The number of Topliss-reactive ketones (excluding diaryl/α,β-unsaturated/α-hetero) is 1. The molecule has 12 bridgehead atoms. The molecular formula is C40H58O12. The van der Waals surface area contributed by atoms with E-state index in [-0.39, 0.29) is 123 Å². The molecule has 1 spiro atoms. The Balaban J connectivity index is 0.994. The smallest absolute Gasteiger partial charge is 0.172 e. The zero-order valence-corrected chi connectivity index (χ0v) is 30.7. The van der Waals surface area contributed by atoms with Crippen molar-refractivity contribution in [3.8, 4) is 0 Å². The molecule has 0 aromatic carbocycles. The van der Waals surface area contributed by atoms with Crippen molar-refractivity contribution < 1.29 is 57.6 Å². The molecule has 12 unspecified atom stereocenters. The Hall–Kier alpha value is -1.29. The third-order valence-corrected chi connectivity index (χ3v) is 13.9. The summed E-state index contributed by atoms with van der Waals surface area (Å²) in [6.45, 7) is 10.7. The molecule has 10 aliphatic rings. The van der Waals surface area contributed by atoms with E-state index in [1.807, 2.05) is 0 Å². The Labute approximate surface area is 306 Å². The molecule has 52 heavy (non-hydrogen) atoms. The number of fused-ring (bicyclic) bond motifs is 6. The summed E-state index contributed by atoms with van der Waals surface area (Å²) in [5, 5.41) is 20.1. The van der Waals surface area contributed by atoms with Crippen LogP contribution in [0.2, 0.25) is 0 Å². The van der Waals surface area contributed by atoms with Crippen molar-refractivity contribution in [3.05, 3.63) is 24.3 Å². The lowest BCUT2D eigenvalue weighted by Crippen LogP contribution is -2.61. The van der Waals surface area contributed by atoms with Gasteiger partial charge in [-0.25, -0.2) is 0 Å². The van der Waals surface area contributed by atoms with Gasteiger partial charge in [0.1, 0.15) is 36.3 Å². The van der Waals surface area contributed by atoms with Gasteiger partial charge in [-0.15, -0.1) is 0 Å². The number of methoxy groups -OCH3 is 1. The van der Waals surface area contributed by atoms with E-state index in [0.29, 0.717) is 25.7 Å². The third-order valence-electron chi connectivity index (χ3n) is 13.9. The van der Waals surface area contributed by atoms with Gasteiger partial charge in [0.2, 0.25) is 0 Å². The Morgan fingerprint density at radius 2 is 1.54 bits per heavy atom. The van der Waals surface area contributed by atoms with Crippen LogP contribution in [0.4, 0.5) is 0 Å². The molecule has 290 valence electrons. The average Bonchev–Trinajstić information content (AvgIpc) is 3.79. The molecule has 0 saturated carbocycles. The lowest BCUT2D eigenvalue weighted by Gasteiger charge is -2.47. The highest BCUT2D eigenvalue weighted by Crippen LogP contribution is 2.54. The average molecular weight is 731 g/mol. The maximum absolute atomic E-state index is 14.0. The van der Waals surface area contributed by atoms with Crippen molar-refractivity contribution in [2.45, 2.75) is 194 Å². The van der Waals surface area contributed by atoms with E-state index in [2.05, 4.69) is 20.1 Å². The molecule has 10 heterocycles. The number of ketones is 1. The van der Waals surface area contributed by atoms with E-state index in [1.54, 1.807) is 7.11 Å². The van der Waals surface area contributed by atoms with Gasteiger partial charge in [0.25, 0.3) is 0 Å². The Morgan fingerprint density at radius 3 is 2.37 bits per heavy atom. The van der Waals surface area contributed by atoms with Crippen LogP contribution < -0.4 is 0 Å². The molecule has 12 nitrogen and oxygen atoms in total. The number of carbonyl (C=O) groups excluding carboxylic acids is 1. The molecule has 0 aromatic rings. The highest BCUT2D eigenvalue weighted by Gasteiger charge is 2.68. The first-order valence-corrected chi connectivity index (χ1v) is 20.1. The zero-order valence-electron chi connectivity index (χ0n) is 30.7. The fraction of sp³-hybridized carbons (Fsp3) is 0.875. The monoisotopic (exact) mass is 730 g/mol. The lowest BCUT2D eigenvalue weighted by atomic mass is 9.81. The second kappa shape index (κ2) is 14.3. The number of carbonyl (C=O) groups is 1. The number of hydrogen-bond acceptors (Lipinski definition) is 12. The van der Waals surface area contributed by atoms with Crippen LogP contribution in [-0.2, 0) is 47.4 Å². The van der Waals surface area contributed by atoms with Crippen molar-refractivity contribution in [1.82, 2.24) is 0 Å². The van der Waals surface area contributed by atoms with Crippen molar-refractivity contribution in [1.29, 1.82) is 0 Å². The molecule has 0 aliphatic carbocycles. The van der Waals surface area contributed by atoms with Crippen LogP contribution >= 0.6 is 0 Å². The van der Waals surface area contributed by atoms with E-state index in [9.17, 15) is 15.0 Å². The van der Waals surface area contributed by atoms with Crippen molar-refractivity contribution in [3.63, 3.8) is 0 Å². The van der Waals surface area contributed by atoms with E-state index < -0.39 is 24.1 Å². The Bertz CT molecular complexity index is 1370. The van der Waals surface area contributed by atoms with Crippen LogP contribution in [0.15, 0.2) is 24.3 Å². The number of ether oxygens (including phenoxy) is 9. The predicted octanol–water partition coefficient (Wildman–Crippen LogP) is 3.47. The van der Waals surface area contributed by atoms with Gasteiger partial charge < -0.3 is 52.8 Å². The number of aliphatic hydroxyl groups excluding tert-OH is 2. The van der Waals surface area contributed by atoms with Crippen LogP contribution in [0.1, 0.15) is 90.4 Å². The minimum Gasteiger partial charge on any atom is -0.394 e. The summed E-state index contributed by atoms with van der Waals surface area (Å²) in [4.78, 5) is 14.0. The molecule has 0 radical (unpaired) electrons. The summed E-state index contributed by atoms with van der Waals surface area (Å²) in [5.41, 5.74) is 2.17. The standard InChI is InChI=1S/C40H58O12/c1-19-11-24-5-7-28-20(2)12-26(45-28)9-10-40-17-33-36(51-40)37-38(50-33)39(52-40)35-29(49-37)8-6-25(47-35)13-22(42)14-27-31(16-30(46-24)21(19)3)48-32(34(27)44-4)15-23(43)18-41/h19,23-39,41,43H,2-3,5-18H2,1,4H3/t19-,23?,24?,25?,26?,27?,28?,29?,30?,31+,32?,33-,34-,35+,36?,37+,38?,39?,40+/m1/s1. The predicted molar refractivity (Wildman–Crippen MR) is 184 cm³/mol. The summed E-state index contributed by atoms with van der Waals surface area (Å²) < 4.78 is 59.8. The topological polar surface area (TPSA) is 141 Å². The maximum atomic E-state index is 14.0. The van der Waals surface area contributed by atoms with Crippen molar-refractivity contribution in [2.75, 3.05) is 13.7 Å². The Morgan fingerprint density at radius 1 is 0.788 bits per heavy atom. The summed E-state index contributed by atoms with van der Waals surface area (Å²) >= 11 is 0. The van der Waals surface area contributed by atoms with Crippen molar-refractivity contribution in [2.24, 2.45) is 11.8 Å². The second-order valence-corrected chi connectivity index (χ2v) is 17.4. The first kappa shape index (κ1) is 36.4. The van der Waals surface area contributed by atoms with E-state index in [0.717, 1.165) is 49.7 Å². The van der Waals surface area contributed by atoms with Crippen LogP contribution in [0.25, 0.3) is 0 Å². The normalized spacial score (nSPS) is 52.4. The van der Waals surface area contributed by atoms with E-state index in [1.165, 1.54) is 0 Å². The molecule has 19 atom stereocenters. The summed E-state index contributed by atoms with van der Waals surface area (Å²) in [6, 6.07) is 0. The van der Waals surface area contributed by atoms with Gasteiger partial charge in [0, 0.05) is 51.6 Å². The summed E-state index contributed by atoms with van der Waals surface area (Å²) in [7, 11) is 1.63. The molecule has 2 N–H and O–H groups in total. The van der Waals surface area contributed by atoms with Crippen LogP contribution in [0, 0.1) is 11.8 Å². The maximum Gasteiger partial charge on any atom is 0.172 e. The van der Waals surface area contributed by atoms with Gasteiger partial charge >= 0.3 is 0 Å². The summed E-state index contributed by atoms with van der Waals surface area (Å²) in [6.07, 6.45) is 4.01. The van der Waals surface area contributed by atoms with Gasteiger partial charge in [0.15, 0.2) is 5.79 Å². The van der Waals surface area contributed by atoms with E-state index in [4.69, 9.17) is 42.6 Å². The fourth-order valence-electron chi connectivity index (χ4n) is 11.3. The van der Waals surface area contributed by atoms with Gasteiger partial charge in [0.05, 0.1) is 73.8 Å². The molecule has 10 aliphatic heterocycles. The molecule has 0 aromatic heterocycles. The van der Waals surface area contributed by atoms with Gasteiger partial charge in [-0.2, -0.15) is 0 Å². The molecule has 0 amide bonds. The van der Waals surface area contributed by atoms with Crippen LogP contribution in [0.3, 0.4) is 0 Å². The summed E-state index contributed by atoms with van der Waals surface area (Å²) in [5.74, 6) is -0.709. The molecular weight excluding hydrogens is 672 g/mol. The second-order valence-electron chi connectivity index (χ2n) is 17.4. The first-order valence-electron chi connectivity index (χ1n) is 20.1. The molecule has 10 rings (SSSR count). The largest absolute Gasteiger partial charge is 0.394 e. The number of hydrogen-bond donors (Lipinski definition) is 2. The number of rotatable bonds is 4. The van der Waals surface area contributed by atoms with Crippen molar-refractivity contribution >= 4 is 5.78 Å². The van der Waals surface area contributed by atoms with Gasteiger partial charge in [-0.1, -0.05) is 20.1 Å². The fourth-order valence-corrected chi connectivity index (χ4v) is 11.3. The highest BCUT2D eigenvalue weighted by atomic mass is 16.8. The first-order chi connectivity index (χ1) is 25.1. The minimum atomic E-state index is -0.951. The Kier molecular flexibility index (Phi) is 10.0. The SMILES string of the molecule is C=C1CC2CC[C@@]34C[C@H]5OC6C(O3)[C@H]3OC(CCC3O[C@H]6C5O4)CC(=O)CC3[C@@H](OC)C(CC(O)CO)O[C@H]3CC3OC(CCC1O2)C[C@@H](C)C3=C. The molecule has 10 fully saturated rings. The number of aliphatic hydroxyl groups is 2. The van der Waals surface area contributed by atoms with Crippen LogP contribution in [-0.4, -0.2) is 133 Å². The molecule has 10 saturated heterocycles. The third kappa shape index (κ3) is 6.59.